The first-order chi connectivity index (χ1) is 7.16. The van der Waals surface area contributed by atoms with Crippen LogP contribution in [0.25, 0.3) is 0 Å². The van der Waals surface area contributed by atoms with E-state index in [9.17, 15) is 0 Å². The first-order valence-corrected chi connectivity index (χ1v) is 5.72. The number of nitrogens with two attached hydrogens (primary N) is 1. The van der Waals surface area contributed by atoms with Gasteiger partial charge in [-0.05, 0) is 38.4 Å². The number of hydrogen-bond donors (Lipinski definition) is 1. The SMILES string of the molecule is Cc1ccc(N)c(CN(C)C2CCC2)c1. The van der Waals surface area contributed by atoms with Crippen molar-refractivity contribution in [2.24, 2.45) is 0 Å². The molecule has 1 aromatic rings. The molecule has 2 rings (SSSR count). The molecule has 0 bridgehead atoms. The summed E-state index contributed by atoms with van der Waals surface area (Å²) in [5.41, 5.74) is 9.45. The van der Waals surface area contributed by atoms with Gasteiger partial charge in [0.05, 0.1) is 0 Å². The molecule has 1 aromatic carbocycles. The fourth-order valence-corrected chi connectivity index (χ4v) is 2.10. The number of hydrogen-bond acceptors (Lipinski definition) is 2. The Kier molecular flexibility index (Phi) is 2.96. The van der Waals surface area contributed by atoms with Crippen molar-refractivity contribution in [2.75, 3.05) is 12.8 Å². The van der Waals surface area contributed by atoms with E-state index in [4.69, 9.17) is 5.73 Å². The molecule has 0 heterocycles. The maximum atomic E-state index is 5.97. The molecule has 1 saturated carbocycles. The summed E-state index contributed by atoms with van der Waals surface area (Å²) in [7, 11) is 2.20. The predicted octanol–water partition coefficient (Wildman–Crippen LogP) is 2.56. The maximum absolute atomic E-state index is 5.97. The molecule has 0 radical (unpaired) electrons. The Labute approximate surface area is 92.1 Å². The van der Waals surface area contributed by atoms with Gasteiger partial charge >= 0.3 is 0 Å². The van der Waals surface area contributed by atoms with Crippen LogP contribution in [0.2, 0.25) is 0 Å². The van der Waals surface area contributed by atoms with Gasteiger partial charge in [-0.25, -0.2) is 0 Å². The van der Waals surface area contributed by atoms with Gasteiger partial charge in [-0.3, -0.25) is 4.90 Å². The quantitative estimate of drug-likeness (QED) is 0.767. The van der Waals surface area contributed by atoms with E-state index in [-0.39, 0.29) is 0 Å². The van der Waals surface area contributed by atoms with Gasteiger partial charge in [-0.1, -0.05) is 24.1 Å². The highest BCUT2D eigenvalue weighted by atomic mass is 15.1. The van der Waals surface area contributed by atoms with Crippen LogP contribution in [0.1, 0.15) is 30.4 Å². The van der Waals surface area contributed by atoms with Gasteiger partial charge in [0.15, 0.2) is 0 Å². The fourth-order valence-electron chi connectivity index (χ4n) is 2.10. The third-order valence-corrected chi connectivity index (χ3v) is 3.42. The van der Waals surface area contributed by atoms with Crippen molar-refractivity contribution in [3.05, 3.63) is 29.3 Å². The molecule has 0 saturated heterocycles. The minimum atomic E-state index is 0.782. The van der Waals surface area contributed by atoms with Gasteiger partial charge in [-0.15, -0.1) is 0 Å². The van der Waals surface area contributed by atoms with E-state index in [1.54, 1.807) is 0 Å². The van der Waals surface area contributed by atoms with E-state index < -0.39 is 0 Å². The van der Waals surface area contributed by atoms with Crippen molar-refractivity contribution < 1.29 is 0 Å². The lowest BCUT2D eigenvalue weighted by Gasteiger charge is -2.35. The molecular formula is C13H20N2. The Balaban J connectivity index is 2.05. The highest BCUT2D eigenvalue weighted by Crippen LogP contribution is 2.26. The van der Waals surface area contributed by atoms with Gasteiger partial charge in [0.2, 0.25) is 0 Å². The molecule has 2 heteroatoms. The molecule has 0 amide bonds. The van der Waals surface area contributed by atoms with E-state index in [0.29, 0.717) is 0 Å². The third kappa shape index (κ3) is 2.32. The summed E-state index contributed by atoms with van der Waals surface area (Å²) in [5.74, 6) is 0. The number of nitrogens with zero attached hydrogens (tertiary/aromatic N) is 1. The molecule has 0 unspecified atom stereocenters. The molecule has 0 spiro atoms. The first-order valence-electron chi connectivity index (χ1n) is 5.72. The normalized spacial score (nSPS) is 16.7. The largest absolute Gasteiger partial charge is 0.398 e. The van der Waals surface area contributed by atoms with Crippen molar-refractivity contribution in [1.29, 1.82) is 0 Å². The molecule has 2 nitrogen and oxygen atoms in total. The summed E-state index contributed by atoms with van der Waals surface area (Å²) < 4.78 is 0. The highest BCUT2D eigenvalue weighted by Gasteiger charge is 2.22. The second-order valence-electron chi connectivity index (χ2n) is 4.70. The third-order valence-electron chi connectivity index (χ3n) is 3.42. The van der Waals surface area contributed by atoms with Crippen LogP contribution in [0.3, 0.4) is 0 Å². The van der Waals surface area contributed by atoms with Gasteiger partial charge < -0.3 is 5.73 Å². The zero-order valence-corrected chi connectivity index (χ0v) is 9.66. The van der Waals surface area contributed by atoms with Crippen LogP contribution >= 0.6 is 0 Å². The van der Waals surface area contributed by atoms with Crippen LogP contribution in [0.4, 0.5) is 5.69 Å². The topological polar surface area (TPSA) is 29.3 Å². The maximum Gasteiger partial charge on any atom is 0.0359 e. The van der Waals surface area contributed by atoms with Crippen molar-refractivity contribution in [3.8, 4) is 0 Å². The zero-order chi connectivity index (χ0) is 10.8. The Morgan fingerprint density at radius 3 is 2.73 bits per heavy atom. The molecule has 1 aliphatic carbocycles. The van der Waals surface area contributed by atoms with Crippen molar-refractivity contribution in [3.63, 3.8) is 0 Å². The van der Waals surface area contributed by atoms with E-state index in [1.807, 2.05) is 6.07 Å². The second-order valence-corrected chi connectivity index (χ2v) is 4.70. The van der Waals surface area contributed by atoms with Crippen LogP contribution in [0, 0.1) is 6.92 Å². The van der Waals surface area contributed by atoms with Crippen LogP contribution in [0.15, 0.2) is 18.2 Å². The average molecular weight is 204 g/mol. The minimum absolute atomic E-state index is 0.782. The zero-order valence-electron chi connectivity index (χ0n) is 9.66. The summed E-state index contributed by atoms with van der Waals surface area (Å²) >= 11 is 0. The second kappa shape index (κ2) is 4.23. The summed E-state index contributed by atoms with van der Waals surface area (Å²) in [5, 5.41) is 0. The minimum Gasteiger partial charge on any atom is -0.398 e. The number of rotatable bonds is 3. The average Bonchev–Trinajstić information content (AvgIpc) is 2.08. The van der Waals surface area contributed by atoms with Crippen molar-refractivity contribution in [2.45, 2.75) is 38.8 Å². The molecular weight excluding hydrogens is 184 g/mol. The van der Waals surface area contributed by atoms with Crippen molar-refractivity contribution >= 4 is 5.69 Å². The van der Waals surface area contributed by atoms with Crippen LogP contribution in [-0.2, 0) is 6.54 Å². The molecule has 1 aliphatic rings. The Bertz CT molecular complexity index is 342. The standard InChI is InChI=1S/C13H20N2/c1-10-6-7-13(14)11(8-10)9-15(2)12-4-3-5-12/h6-8,12H,3-5,9,14H2,1-2H3. The van der Waals surface area contributed by atoms with Crippen molar-refractivity contribution in [1.82, 2.24) is 4.90 Å². The number of aryl methyl sites for hydroxylation is 1. The van der Waals surface area contributed by atoms with Crippen LogP contribution < -0.4 is 5.73 Å². The van der Waals surface area contributed by atoms with E-state index >= 15 is 0 Å². The first kappa shape index (κ1) is 10.5. The highest BCUT2D eigenvalue weighted by molar-refractivity contribution is 5.48. The molecule has 82 valence electrons. The van der Waals surface area contributed by atoms with E-state index in [0.717, 1.165) is 18.3 Å². The summed E-state index contributed by atoms with van der Waals surface area (Å²) in [6.45, 7) is 3.10. The summed E-state index contributed by atoms with van der Waals surface area (Å²) in [4.78, 5) is 2.43. The lowest BCUT2D eigenvalue weighted by Crippen LogP contribution is -2.36. The van der Waals surface area contributed by atoms with Gasteiger partial charge in [0, 0.05) is 18.3 Å². The Hall–Kier alpha value is -1.02. The Morgan fingerprint density at radius 2 is 2.13 bits per heavy atom. The number of anilines is 1. The van der Waals surface area contributed by atoms with Crippen LogP contribution in [-0.4, -0.2) is 18.0 Å². The van der Waals surface area contributed by atoms with Gasteiger partial charge in [-0.2, -0.15) is 0 Å². The van der Waals surface area contributed by atoms with E-state index in [2.05, 4.69) is 31.0 Å². The number of nitrogen functional groups attached to an aromatic ring is 1. The smallest absolute Gasteiger partial charge is 0.0359 e. The van der Waals surface area contributed by atoms with Gasteiger partial charge in [0.1, 0.15) is 0 Å². The Morgan fingerprint density at radius 1 is 1.40 bits per heavy atom. The lowest BCUT2D eigenvalue weighted by molar-refractivity contribution is 0.153. The molecule has 15 heavy (non-hydrogen) atoms. The molecule has 0 aromatic heterocycles. The van der Waals surface area contributed by atoms with Gasteiger partial charge in [0.25, 0.3) is 0 Å². The van der Waals surface area contributed by atoms with Crippen LogP contribution in [0.5, 0.6) is 0 Å². The number of benzene rings is 1. The summed E-state index contributed by atoms with van der Waals surface area (Å²) in [6.07, 6.45) is 4.09. The molecule has 0 atom stereocenters. The summed E-state index contributed by atoms with van der Waals surface area (Å²) in [6, 6.07) is 7.07. The molecule has 1 fully saturated rings. The lowest BCUT2D eigenvalue weighted by atomic mass is 9.91. The fraction of sp³-hybridized carbons (Fsp3) is 0.538. The van der Waals surface area contributed by atoms with E-state index in [1.165, 1.54) is 30.4 Å². The predicted molar refractivity (Wildman–Crippen MR) is 64.7 cm³/mol. The molecule has 0 aliphatic heterocycles. The monoisotopic (exact) mass is 204 g/mol. The molecule has 2 N–H and O–H groups in total.